The number of alkyl halides is 2. The molecule has 0 aliphatic carbocycles. The van der Waals surface area contributed by atoms with E-state index in [0.717, 1.165) is 0 Å². The summed E-state index contributed by atoms with van der Waals surface area (Å²) in [5, 5.41) is 2.04. The fraction of sp³-hybridized carbons (Fsp3) is 1.00. The Morgan fingerprint density at radius 3 is 2.00 bits per heavy atom. The standard InChI is InChI=1S/C5H11F2N/c1-3-5(6,7)8-4-2/h8H,3-4H2,1-2H3. The van der Waals surface area contributed by atoms with Gasteiger partial charge in [0.05, 0.1) is 0 Å². The van der Waals surface area contributed by atoms with Crippen molar-refractivity contribution >= 4 is 0 Å². The first kappa shape index (κ1) is 7.82. The molecule has 0 radical (unpaired) electrons. The lowest BCUT2D eigenvalue weighted by atomic mass is 10.4. The Hall–Kier alpha value is -0.180. The molecule has 0 heterocycles. The van der Waals surface area contributed by atoms with Crippen LogP contribution in [0.25, 0.3) is 0 Å². The molecule has 0 aliphatic heterocycles. The molecule has 0 amide bonds. The van der Waals surface area contributed by atoms with Gasteiger partial charge in [-0.25, -0.2) is 0 Å². The molecule has 0 aromatic rings. The molecule has 0 fully saturated rings. The first-order valence-corrected chi connectivity index (χ1v) is 2.75. The average Bonchev–Trinajstić information content (AvgIpc) is 1.67. The van der Waals surface area contributed by atoms with Crippen molar-refractivity contribution in [1.82, 2.24) is 5.32 Å². The van der Waals surface area contributed by atoms with Crippen LogP contribution in [-0.4, -0.2) is 12.6 Å². The molecule has 0 rings (SSSR count). The summed E-state index contributed by atoms with van der Waals surface area (Å²) in [5.74, 6) is 0. The summed E-state index contributed by atoms with van der Waals surface area (Å²) in [6.07, 6.45) is -0.138. The number of hydrogen-bond donors (Lipinski definition) is 1. The minimum absolute atomic E-state index is 0.138. The summed E-state index contributed by atoms with van der Waals surface area (Å²) in [6, 6.07) is -2.66. The molecule has 0 atom stereocenters. The monoisotopic (exact) mass is 123 g/mol. The molecule has 3 heteroatoms. The molecule has 1 N–H and O–H groups in total. The molecule has 0 bridgehead atoms. The maximum Gasteiger partial charge on any atom is 0.302 e. The minimum atomic E-state index is -2.66. The normalized spacial score (nSPS) is 12.0. The molecular weight excluding hydrogens is 112 g/mol. The average molecular weight is 123 g/mol. The van der Waals surface area contributed by atoms with Gasteiger partial charge in [-0.1, -0.05) is 13.8 Å². The van der Waals surface area contributed by atoms with Crippen molar-refractivity contribution in [2.45, 2.75) is 26.3 Å². The van der Waals surface area contributed by atoms with Gasteiger partial charge in [0, 0.05) is 6.42 Å². The predicted octanol–water partition coefficient (Wildman–Crippen LogP) is 1.60. The van der Waals surface area contributed by atoms with E-state index in [1.807, 2.05) is 5.32 Å². The van der Waals surface area contributed by atoms with Crippen LogP contribution in [0.4, 0.5) is 8.78 Å². The second-order valence-corrected chi connectivity index (χ2v) is 1.59. The van der Waals surface area contributed by atoms with Gasteiger partial charge in [-0.05, 0) is 6.54 Å². The van der Waals surface area contributed by atoms with E-state index >= 15 is 0 Å². The second kappa shape index (κ2) is 2.97. The molecule has 0 saturated heterocycles. The van der Waals surface area contributed by atoms with Gasteiger partial charge in [-0.2, -0.15) is 8.78 Å². The van der Waals surface area contributed by atoms with Gasteiger partial charge in [0.1, 0.15) is 0 Å². The van der Waals surface area contributed by atoms with E-state index in [4.69, 9.17) is 0 Å². The molecule has 0 spiro atoms. The van der Waals surface area contributed by atoms with Crippen LogP contribution >= 0.6 is 0 Å². The first-order valence-electron chi connectivity index (χ1n) is 2.75. The smallest absolute Gasteiger partial charge is 0.259 e. The van der Waals surface area contributed by atoms with Crippen LogP contribution in [0.5, 0.6) is 0 Å². The van der Waals surface area contributed by atoms with E-state index in [-0.39, 0.29) is 6.42 Å². The van der Waals surface area contributed by atoms with Crippen molar-refractivity contribution in [3.05, 3.63) is 0 Å². The number of rotatable bonds is 3. The highest BCUT2D eigenvalue weighted by molar-refractivity contribution is 4.56. The fourth-order valence-corrected chi connectivity index (χ4v) is 0.384. The number of hydrogen-bond acceptors (Lipinski definition) is 1. The van der Waals surface area contributed by atoms with Crippen LogP contribution in [0.1, 0.15) is 20.3 Å². The summed E-state index contributed by atoms with van der Waals surface area (Å²) in [7, 11) is 0. The van der Waals surface area contributed by atoms with Crippen molar-refractivity contribution in [1.29, 1.82) is 0 Å². The van der Waals surface area contributed by atoms with E-state index in [2.05, 4.69) is 0 Å². The Kier molecular flexibility index (Phi) is 2.90. The Morgan fingerprint density at radius 2 is 1.88 bits per heavy atom. The Morgan fingerprint density at radius 1 is 1.38 bits per heavy atom. The third kappa shape index (κ3) is 2.91. The van der Waals surface area contributed by atoms with Gasteiger partial charge >= 0.3 is 6.05 Å². The largest absolute Gasteiger partial charge is 0.302 e. The summed E-state index contributed by atoms with van der Waals surface area (Å²) >= 11 is 0. The van der Waals surface area contributed by atoms with E-state index < -0.39 is 6.05 Å². The fourth-order valence-electron chi connectivity index (χ4n) is 0.384. The van der Waals surface area contributed by atoms with Gasteiger partial charge in [-0.15, -0.1) is 0 Å². The molecule has 0 unspecified atom stereocenters. The van der Waals surface area contributed by atoms with Crippen molar-refractivity contribution < 1.29 is 8.78 Å². The Bertz CT molecular complexity index is 63.4. The van der Waals surface area contributed by atoms with Gasteiger partial charge < -0.3 is 0 Å². The van der Waals surface area contributed by atoms with Crippen LogP contribution < -0.4 is 5.32 Å². The Balaban J connectivity index is 3.37. The molecular formula is C5H11F2N. The van der Waals surface area contributed by atoms with Crippen molar-refractivity contribution in [3.63, 3.8) is 0 Å². The quantitative estimate of drug-likeness (QED) is 0.562. The summed E-state index contributed by atoms with van der Waals surface area (Å²) < 4.78 is 24.1. The van der Waals surface area contributed by atoms with Crippen LogP contribution in [0, 0.1) is 0 Å². The van der Waals surface area contributed by atoms with Gasteiger partial charge in [0.2, 0.25) is 0 Å². The summed E-state index contributed by atoms with van der Waals surface area (Å²) in [6.45, 7) is 3.42. The zero-order chi connectivity index (χ0) is 6.62. The molecule has 8 heavy (non-hydrogen) atoms. The number of nitrogens with one attached hydrogen (secondary N) is 1. The van der Waals surface area contributed by atoms with Gasteiger partial charge in [0.15, 0.2) is 0 Å². The molecule has 0 aromatic heterocycles. The van der Waals surface area contributed by atoms with Crippen LogP contribution in [-0.2, 0) is 0 Å². The summed E-state index contributed by atoms with van der Waals surface area (Å²) in [4.78, 5) is 0. The highest BCUT2D eigenvalue weighted by atomic mass is 19.3. The van der Waals surface area contributed by atoms with E-state index in [0.29, 0.717) is 6.54 Å². The van der Waals surface area contributed by atoms with E-state index in [9.17, 15) is 8.78 Å². The van der Waals surface area contributed by atoms with Crippen LogP contribution in [0.3, 0.4) is 0 Å². The predicted molar refractivity (Wildman–Crippen MR) is 28.9 cm³/mol. The maximum atomic E-state index is 12.0. The third-order valence-corrected chi connectivity index (χ3v) is 0.879. The van der Waals surface area contributed by atoms with E-state index in [1.165, 1.54) is 6.92 Å². The molecule has 0 aliphatic rings. The zero-order valence-corrected chi connectivity index (χ0v) is 5.17. The second-order valence-electron chi connectivity index (χ2n) is 1.59. The van der Waals surface area contributed by atoms with Crippen molar-refractivity contribution in [2.24, 2.45) is 0 Å². The maximum absolute atomic E-state index is 12.0. The molecule has 0 saturated carbocycles. The third-order valence-electron chi connectivity index (χ3n) is 0.879. The topological polar surface area (TPSA) is 12.0 Å². The van der Waals surface area contributed by atoms with Crippen LogP contribution in [0.2, 0.25) is 0 Å². The lowest BCUT2D eigenvalue weighted by Crippen LogP contribution is -2.35. The van der Waals surface area contributed by atoms with Crippen molar-refractivity contribution in [2.75, 3.05) is 6.54 Å². The first-order chi connectivity index (χ1) is 3.62. The molecule has 1 nitrogen and oxygen atoms in total. The SMILES string of the molecule is CCNC(F)(F)CC. The van der Waals surface area contributed by atoms with Gasteiger partial charge in [-0.3, -0.25) is 5.32 Å². The van der Waals surface area contributed by atoms with Crippen molar-refractivity contribution in [3.8, 4) is 0 Å². The lowest BCUT2D eigenvalue weighted by Gasteiger charge is -2.12. The molecule has 0 aromatic carbocycles. The number of halogens is 2. The highest BCUT2D eigenvalue weighted by Crippen LogP contribution is 2.11. The van der Waals surface area contributed by atoms with E-state index in [1.54, 1.807) is 6.92 Å². The highest BCUT2D eigenvalue weighted by Gasteiger charge is 2.22. The minimum Gasteiger partial charge on any atom is -0.259 e. The van der Waals surface area contributed by atoms with Gasteiger partial charge in [0.25, 0.3) is 0 Å². The lowest BCUT2D eigenvalue weighted by molar-refractivity contribution is -0.0362. The Labute approximate surface area is 48.1 Å². The van der Waals surface area contributed by atoms with Crippen LogP contribution in [0.15, 0.2) is 0 Å². The molecule has 50 valence electrons. The summed E-state index contributed by atoms with van der Waals surface area (Å²) in [5.41, 5.74) is 0. The zero-order valence-electron chi connectivity index (χ0n) is 5.17.